The smallest absolute Gasteiger partial charge is 0.246 e. The molecule has 0 spiro atoms. The molecule has 0 aliphatic carbocycles. The molecule has 1 aliphatic rings. The molecule has 1 N–H and O–H groups in total. The van der Waals surface area contributed by atoms with E-state index in [1.165, 1.54) is 0 Å². The summed E-state index contributed by atoms with van der Waals surface area (Å²) in [5.74, 6) is -0.00481. The lowest BCUT2D eigenvalue weighted by Crippen LogP contribution is -2.36. The van der Waals surface area contributed by atoms with Crippen molar-refractivity contribution in [2.45, 2.75) is 25.8 Å². The van der Waals surface area contributed by atoms with Crippen molar-refractivity contribution >= 4 is 12.0 Å². The maximum atomic E-state index is 12.0. The molecule has 1 fully saturated rings. The summed E-state index contributed by atoms with van der Waals surface area (Å²) >= 11 is 0. The first-order chi connectivity index (χ1) is 8.72. The fourth-order valence-electron chi connectivity index (χ4n) is 2.35. The zero-order valence-corrected chi connectivity index (χ0v) is 10.7. The second kappa shape index (κ2) is 5.83. The van der Waals surface area contributed by atoms with Crippen molar-refractivity contribution < 1.29 is 9.90 Å². The van der Waals surface area contributed by atoms with E-state index in [0.29, 0.717) is 0 Å². The predicted molar refractivity (Wildman–Crippen MR) is 72.0 cm³/mol. The number of likely N-dealkylation sites (tertiary alicyclic amines) is 1. The molecule has 1 aromatic rings. The molecular formula is C15H19NO2. The van der Waals surface area contributed by atoms with Crippen molar-refractivity contribution in [2.75, 3.05) is 13.2 Å². The molecule has 0 saturated carbocycles. The Kier molecular flexibility index (Phi) is 4.15. The highest BCUT2D eigenvalue weighted by Gasteiger charge is 2.26. The standard InChI is InChI=1S/C15H19NO2/c1-12-5-2-3-6-13(12)8-9-15(18)16-10-4-7-14(16)11-17/h2-3,5-6,8-9,14,17H,4,7,10-11H2,1H3/t14-/m0/s1. The Morgan fingerprint density at radius 2 is 2.28 bits per heavy atom. The fraction of sp³-hybridized carbons (Fsp3) is 0.400. The van der Waals surface area contributed by atoms with Crippen molar-refractivity contribution in [1.82, 2.24) is 4.90 Å². The first-order valence-electron chi connectivity index (χ1n) is 6.37. The number of hydrogen-bond acceptors (Lipinski definition) is 2. The normalized spacial score (nSPS) is 19.7. The highest BCUT2D eigenvalue weighted by molar-refractivity contribution is 5.92. The summed E-state index contributed by atoms with van der Waals surface area (Å²) in [5, 5.41) is 9.20. The lowest BCUT2D eigenvalue weighted by atomic mass is 10.1. The van der Waals surface area contributed by atoms with E-state index < -0.39 is 0 Å². The van der Waals surface area contributed by atoms with Gasteiger partial charge in [-0.25, -0.2) is 0 Å². The van der Waals surface area contributed by atoms with Crippen molar-refractivity contribution in [3.05, 3.63) is 41.5 Å². The maximum absolute atomic E-state index is 12.0. The summed E-state index contributed by atoms with van der Waals surface area (Å²) in [5.41, 5.74) is 2.22. The Morgan fingerprint density at radius 3 is 3.00 bits per heavy atom. The third-order valence-corrected chi connectivity index (χ3v) is 3.46. The Balaban J connectivity index is 2.05. The number of hydrogen-bond donors (Lipinski definition) is 1. The zero-order chi connectivity index (χ0) is 13.0. The van der Waals surface area contributed by atoms with Crippen LogP contribution in [0.15, 0.2) is 30.3 Å². The number of aryl methyl sites for hydroxylation is 1. The van der Waals surface area contributed by atoms with E-state index in [4.69, 9.17) is 0 Å². The molecule has 0 bridgehead atoms. The molecule has 1 aliphatic heterocycles. The minimum absolute atomic E-state index is 0.000907. The molecule has 1 amide bonds. The number of aliphatic hydroxyl groups is 1. The third-order valence-electron chi connectivity index (χ3n) is 3.46. The summed E-state index contributed by atoms with van der Waals surface area (Å²) < 4.78 is 0. The summed E-state index contributed by atoms with van der Waals surface area (Å²) in [6.45, 7) is 2.84. The number of nitrogens with zero attached hydrogens (tertiary/aromatic N) is 1. The number of carbonyl (C=O) groups is 1. The van der Waals surface area contributed by atoms with Gasteiger partial charge in [-0.15, -0.1) is 0 Å². The van der Waals surface area contributed by atoms with Crippen LogP contribution in [0.1, 0.15) is 24.0 Å². The summed E-state index contributed by atoms with van der Waals surface area (Å²) in [7, 11) is 0. The van der Waals surface area contributed by atoms with Gasteiger partial charge in [-0.2, -0.15) is 0 Å². The topological polar surface area (TPSA) is 40.5 Å². The van der Waals surface area contributed by atoms with Crippen LogP contribution in [0, 0.1) is 6.92 Å². The van der Waals surface area contributed by atoms with Crippen molar-refractivity contribution in [1.29, 1.82) is 0 Å². The van der Waals surface area contributed by atoms with E-state index in [2.05, 4.69) is 0 Å². The molecule has 1 heterocycles. The number of rotatable bonds is 3. The molecule has 3 nitrogen and oxygen atoms in total. The molecule has 3 heteroatoms. The molecular weight excluding hydrogens is 226 g/mol. The van der Waals surface area contributed by atoms with Gasteiger partial charge >= 0.3 is 0 Å². The van der Waals surface area contributed by atoms with E-state index >= 15 is 0 Å². The van der Waals surface area contributed by atoms with E-state index in [-0.39, 0.29) is 18.6 Å². The monoisotopic (exact) mass is 245 g/mol. The number of carbonyl (C=O) groups excluding carboxylic acids is 1. The fourth-order valence-corrected chi connectivity index (χ4v) is 2.35. The molecule has 18 heavy (non-hydrogen) atoms. The van der Waals surface area contributed by atoms with Gasteiger partial charge in [-0.1, -0.05) is 24.3 Å². The van der Waals surface area contributed by atoms with Gasteiger partial charge in [0.1, 0.15) is 0 Å². The van der Waals surface area contributed by atoms with Crippen LogP contribution in [0.5, 0.6) is 0 Å². The van der Waals surface area contributed by atoms with Gasteiger partial charge in [0, 0.05) is 12.6 Å². The average molecular weight is 245 g/mol. The van der Waals surface area contributed by atoms with Gasteiger partial charge in [0.2, 0.25) is 5.91 Å². The van der Waals surface area contributed by atoms with Gasteiger partial charge in [0.15, 0.2) is 0 Å². The number of benzene rings is 1. The molecule has 1 saturated heterocycles. The van der Waals surface area contributed by atoms with Crippen LogP contribution in [-0.2, 0) is 4.79 Å². The van der Waals surface area contributed by atoms with Crippen LogP contribution in [0.2, 0.25) is 0 Å². The lowest BCUT2D eigenvalue weighted by Gasteiger charge is -2.21. The van der Waals surface area contributed by atoms with Crippen molar-refractivity contribution in [3.63, 3.8) is 0 Å². The first-order valence-corrected chi connectivity index (χ1v) is 6.37. The van der Waals surface area contributed by atoms with Crippen LogP contribution in [-0.4, -0.2) is 35.1 Å². The summed E-state index contributed by atoms with van der Waals surface area (Å²) in [6, 6.07) is 7.96. The van der Waals surface area contributed by atoms with E-state index in [9.17, 15) is 9.90 Å². The van der Waals surface area contributed by atoms with Gasteiger partial charge < -0.3 is 10.0 Å². The molecule has 0 radical (unpaired) electrons. The molecule has 1 aromatic carbocycles. The van der Waals surface area contributed by atoms with Crippen LogP contribution < -0.4 is 0 Å². The van der Waals surface area contributed by atoms with Gasteiger partial charge in [-0.05, 0) is 37.0 Å². The van der Waals surface area contributed by atoms with Crippen LogP contribution in [0.25, 0.3) is 6.08 Å². The maximum Gasteiger partial charge on any atom is 0.246 e. The Morgan fingerprint density at radius 1 is 1.50 bits per heavy atom. The molecule has 1 atom stereocenters. The molecule has 0 aromatic heterocycles. The van der Waals surface area contributed by atoms with Gasteiger partial charge in [0.25, 0.3) is 0 Å². The molecule has 0 unspecified atom stereocenters. The van der Waals surface area contributed by atoms with Crippen LogP contribution in [0.4, 0.5) is 0 Å². The quantitative estimate of drug-likeness (QED) is 0.827. The van der Waals surface area contributed by atoms with E-state index in [0.717, 1.165) is 30.5 Å². The minimum Gasteiger partial charge on any atom is -0.394 e. The highest BCUT2D eigenvalue weighted by Crippen LogP contribution is 2.17. The Labute approximate surface area is 108 Å². The summed E-state index contributed by atoms with van der Waals surface area (Å²) in [6.07, 6.45) is 5.34. The van der Waals surface area contributed by atoms with E-state index in [1.807, 2.05) is 37.3 Å². The largest absolute Gasteiger partial charge is 0.394 e. The van der Waals surface area contributed by atoms with E-state index in [1.54, 1.807) is 11.0 Å². The first kappa shape index (κ1) is 12.8. The molecule has 96 valence electrons. The second-order valence-electron chi connectivity index (χ2n) is 4.70. The van der Waals surface area contributed by atoms with Gasteiger partial charge in [-0.3, -0.25) is 4.79 Å². The Hall–Kier alpha value is -1.61. The highest BCUT2D eigenvalue weighted by atomic mass is 16.3. The van der Waals surface area contributed by atoms with Crippen molar-refractivity contribution in [3.8, 4) is 0 Å². The van der Waals surface area contributed by atoms with Gasteiger partial charge in [0.05, 0.1) is 12.6 Å². The average Bonchev–Trinajstić information content (AvgIpc) is 2.86. The molecule has 2 rings (SSSR count). The summed E-state index contributed by atoms with van der Waals surface area (Å²) in [4.78, 5) is 13.8. The SMILES string of the molecule is Cc1ccccc1C=CC(=O)N1CCC[C@H]1CO. The van der Waals surface area contributed by atoms with Crippen LogP contribution in [0.3, 0.4) is 0 Å². The van der Waals surface area contributed by atoms with Crippen LogP contribution >= 0.6 is 0 Å². The third kappa shape index (κ3) is 2.79. The Bertz CT molecular complexity index is 454. The minimum atomic E-state index is -0.00481. The number of aliphatic hydroxyl groups excluding tert-OH is 1. The lowest BCUT2D eigenvalue weighted by molar-refractivity contribution is -0.127. The second-order valence-corrected chi connectivity index (χ2v) is 4.70. The number of amides is 1. The van der Waals surface area contributed by atoms with Crippen molar-refractivity contribution in [2.24, 2.45) is 0 Å². The zero-order valence-electron chi connectivity index (χ0n) is 10.7. The predicted octanol–water partition coefficient (Wildman–Crippen LogP) is 1.99.